The quantitative estimate of drug-likeness (QED) is 0.759. The molecule has 2 aliphatic rings. The largest absolute Gasteiger partial charge is 0.364 e. The number of amides is 1. The van der Waals surface area contributed by atoms with E-state index in [1.54, 1.807) is 0 Å². The van der Waals surface area contributed by atoms with Gasteiger partial charge in [-0.1, -0.05) is 0 Å². The highest BCUT2D eigenvalue weighted by Crippen LogP contribution is 2.22. The van der Waals surface area contributed by atoms with E-state index in [-0.39, 0.29) is 30.5 Å². The fraction of sp³-hybridized carbons (Fsp3) is 0.900. The summed E-state index contributed by atoms with van der Waals surface area (Å²) in [4.78, 5) is 13.8. The molecule has 2 aliphatic heterocycles. The normalized spacial score (nSPS) is 30.3. The Bertz CT molecular complexity index is 219. The number of nitrogens with two attached hydrogens (primary N) is 1. The van der Waals surface area contributed by atoms with Gasteiger partial charge in [0, 0.05) is 19.6 Å². The standard InChI is InChI=1S/C10H18N2O2.ClH/c11-7-8-3-4-9(14-8)10(13)12-5-1-2-6-12;/h8-9H,1-7,11H2;1H/t8-,9+;/m1./s1. The molecule has 5 heteroatoms. The summed E-state index contributed by atoms with van der Waals surface area (Å²) in [6.45, 7) is 2.35. The van der Waals surface area contributed by atoms with Crippen molar-refractivity contribution in [2.45, 2.75) is 37.9 Å². The van der Waals surface area contributed by atoms with E-state index in [2.05, 4.69) is 0 Å². The van der Waals surface area contributed by atoms with E-state index in [0.29, 0.717) is 6.54 Å². The molecule has 88 valence electrons. The summed E-state index contributed by atoms with van der Waals surface area (Å²) >= 11 is 0. The number of carbonyl (C=O) groups excluding carboxylic acids is 1. The molecule has 2 saturated heterocycles. The minimum atomic E-state index is -0.207. The van der Waals surface area contributed by atoms with Crippen molar-refractivity contribution in [3.05, 3.63) is 0 Å². The fourth-order valence-electron chi connectivity index (χ4n) is 2.20. The lowest BCUT2D eigenvalue weighted by molar-refractivity contribution is -0.141. The third-order valence-corrected chi connectivity index (χ3v) is 3.06. The maximum Gasteiger partial charge on any atom is 0.251 e. The van der Waals surface area contributed by atoms with Crippen molar-refractivity contribution in [2.75, 3.05) is 19.6 Å². The van der Waals surface area contributed by atoms with Crippen molar-refractivity contribution in [3.8, 4) is 0 Å². The number of hydrogen-bond donors (Lipinski definition) is 1. The highest BCUT2D eigenvalue weighted by Gasteiger charge is 2.33. The van der Waals surface area contributed by atoms with Gasteiger partial charge in [0.05, 0.1) is 6.10 Å². The predicted octanol–water partition coefficient (Wildman–Crippen LogP) is 0.537. The zero-order chi connectivity index (χ0) is 9.97. The summed E-state index contributed by atoms with van der Waals surface area (Å²) < 4.78 is 5.57. The van der Waals surface area contributed by atoms with E-state index in [1.165, 1.54) is 0 Å². The van der Waals surface area contributed by atoms with Crippen LogP contribution in [0.1, 0.15) is 25.7 Å². The summed E-state index contributed by atoms with van der Waals surface area (Å²) in [5.41, 5.74) is 5.50. The van der Waals surface area contributed by atoms with Crippen molar-refractivity contribution in [1.82, 2.24) is 4.90 Å². The topological polar surface area (TPSA) is 55.6 Å². The Morgan fingerprint density at radius 1 is 1.33 bits per heavy atom. The van der Waals surface area contributed by atoms with Crippen LogP contribution in [0.5, 0.6) is 0 Å². The Labute approximate surface area is 96.5 Å². The van der Waals surface area contributed by atoms with Crippen LogP contribution >= 0.6 is 12.4 Å². The second kappa shape index (κ2) is 5.68. The third-order valence-electron chi connectivity index (χ3n) is 3.06. The fourth-order valence-corrected chi connectivity index (χ4v) is 2.20. The van der Waals surface area contributed by atoms with Crippen LogP contribution in [-0.2, 0) is 9.53 Å². The van der Waals surface area contributed by atoms with Gasteiger partial charge in [-0.05, 0) is 25.7 Å². The van der Waals surface area contributed by atoms with Gasteiger partial charge in [-0.2, -0.15) is 0 Å². The van der Waals surface area contributed by atoms with Gasteiger partial charge in [-0.15, -0.1) is 12.4 Å². The summed E-state index contributed by atoms with van der Waals surface area (Å²) in [6.07, 6.45) is 3.95. The maximum atomic E-state index is 11.9. The van der Waals surface area contributed by atoms with Crippen LogP contribution in [0.15, 0.2) is 0 Å². The van der Waals surface area contributed by atoms with Crippen LogP contribution in [-0.4, -0.2) is 42.6 Å². The highest BCUT2D eigenvalue weighted by atomic mass is 35.5. The molecule has 2 heterocycles. The van der Waals surface area contributed by atoms with E-state index in [9.17, 15) is 4.79 Å². The summed E-state index contributed by atoms with van der Waals surface area (Å²) in [7, 11) is 0. The van der Waals surface area contributed by atoms with Crippen molar-refractivity contribution < 1.29 is 9.53 Å². The molecule has 0 spiro atoms. The Morgan fingerprint density at radius 3 is 2.53 bits per heavy atom. The zero-order valence-electron chi connectivity index (χ0n) is 8.85. The summed E-state index contributed by atoms with van der Waals surface area (Å²) in [5.74, 6) is 0.179. The first kappa shape index (κ1) is 12.7. The van der Waals surface area contributed by atoms with Gasteiger partial charge in [0.2, 0.25) is 0 Å². The van der Waals surface area contributed by atoms with E-state index in [4.69, 9.17) is 10.5 Å². The molecule has 0 radical (unpaired) electrons. The van der Waals surface area contributed by atoms with E-state index < -0.39 is 0 Å². The van der Waals surface area contributed by atoms with Gasteiger partial charge in [0.1, 0.15) is 6.10 Å². The number of carbonyl (C=O) groups is 1. The van der Waals surface area contributed by atoms with Crippen molar-refractivity contribution in [2.24, 2.45) is 5.73 Å². The lowest BCUT2D eigenvalue weighted by atomic mass is 10.2. The monoisotopic (exact) mass is 234 g/mol. The molecule has 0 bridgehead atoms. The Morgan fingerprint density at radius 2 is 2.00 bits per heavy atom. The molecule has 2 atom stereocenters. The molecule has 2 rings (SSSR count). The molecular formula is C10H19ClN2O2. The lowest BCUT2D eigenvalue weighted by Gasteiger charge is -2.19. The number of rotatable bonds is 2. The van der Waals surface area contributed by atoms with Crippen LogP contribution in [0.25, 0.3) is 0 Å². The zero-order valence-corrected chi connectivity index (χ0v) is 9.67. The van der Waals surface area contributed by atoms with Crippen LogP contribution < -0.4 is 5.73 Å². The molecule has 2 fully saturated rings. The number of ether oxygens (including phenoxy) is 1. The van der Waals surface area contributed by atoms with Crippen molar-refractivity contribution >= 4 is 18.3 Å². The first-order valence-electron chi connectivity index (χ1n) is 5.45. The summed E-state index contributed by atoms with van der Waals surface area (Å²) in [5, 5.41) is 0. The van der Waals surface area contributed by atoms with Gasteiger partial charge in [-0.25, -0.2) is 0 Å². The van der Waals surface area contributed by atoms with Gasteiger partial charge in [0.25, 0.3) is 5.91 Å². The second-order valence-corrected chi connectivity index (χ2v) is 4.09. The number of hydrogen-bond acceptors (Lipinski definition) is 3. The Balaban J connectivity index is 0.00000112. The molecule has 1 amide bonds. The SMILES string of the molecule is Cl.NC[C@H]1CC[C@@H](C(=O)N2CCCC2)O1. The molecule has 0 aromatic carbocycles. The lowest BCUT2D eigenvalue weighted by Crippen LogP contribution is -2.37. The molecule has 0 unspecified atom stereocenters. The molecule has 0 saturated carbocycles. The molecule has 15 heavy (non-hydrogen) atoms. The average Bonchev–Trinajstić information content (AvgIpc) is 2.88. The predicted molar refractivity (Wildman–Crippen MR) is 60.0 cm³/mol. The first-order chi connectivity index (χ1) is 6.81. The average molecular weight is 235 g/mol. The Hall–Kier alpha value is -0.320. The van der Waals surface area contributed by atoms with Gasteiger partial charge in [-0.3, -0.25) is 4.79 Å². The van der Waals surface area contributed by atoms with E-state index in [0.717, 1.165) is 38.8 Å². The minimum absolute atomic E-state index is 0. The third kappa shape index (κ3) is 2.83. The molecule has 0 aromatic rings. The van der Waals surface area contributed by atoms with Crippen LogP contribution in [0.2, 0.25) is 0 Å². The van der Waals surface area contributed by atoms with Gasteiger partial charge in [0.15, 0.2) is 0 Å². The Kier molecular flexibility index (Phi) is 4.83. The van der Waals surface area contributed by atoms with Crippen molar-refractivity contribution in [3.63, 3.8) is 0 Å². The van der Waals surface area contributed by atoms with E-state index in [1.807, 2.05) is 4.90 Å². The number of likely N-dealkylation sites (tertiary alicyclic amines) is 1. The van der Waals surface area contributed by atoms with E-state index >= 15 is 0 Å². The van der Waals surface area contributed by atoms with Crippen LogP contribution in [0.4, 0.5) is 0 Å². The molecule has 2 N–H and O–H groups in total. The molecule has 0 aliphatic carbocycles. The molecule has 0 aromatic heterocycles. The highest BCUT2D eigenvalue weighted by molar-refractivity contribution is 5.85. The van der Waals surface area contributed by atoms with Crippen LogP contribution in [0, 0.1) is 0 Å². The maximum absolute atomic E-state index is 11.9. The van der Waals surface area contributed by atoms with Gasteiger partial charge < -0.3 is 15.4 Å². The number of halogens is 1. The van der Waals surface area contributed by atoms with Gasteiger partial charge >= 0.3 is 0 Å². The second-order valence-electron chi connectivity index (χ2n) is 4.09. The minimum Gasteiger partial charge on any atom is -0.364 e. The molecule has 4 nitrogen and oxygen atoms in total. The molecular weight excluding hydrogens is 216 g/mol. The van der Waals surface area contributed by atoms with Crippen molar-refractivity contribution in [1.29, 1.82) is 0 Å². The first-order valence-corrected chi connectivity index (χ1v) is 5.45. The van der Waals surface area contributed by atoms with Crippen LogP contribution in [0.3, 0.4) is 0 Å². The summed E-state index contributed by atoms with van der Waals surface area (Å²) in [6, 6.07) is 0. The smallest absolute Gasteiger partial charge is 0.251 e. The number of nitrogens with zero attached hydrogens (tertiary/aromatic N) is 1.